The first-order chi connectivity index (χ1) is 26.6. The molecule has 292 valence electrons. The summed E-state index contributed by atoms with van der Waals surface area (Å²) in [5, 5.41) is 14.8. The van der Waals surface area contributed by atoms with Crippen molar-refractivity contribution in [2.75, 3.05) is 10.6 Å². The number of amides is 4. The van der Waals surface area contributed by atoms with E-state index in [2.05, 4.69) is 31.4 Å². The highest BCUT2D eigenvalue weighted by Crippen LogP contribution is 2.25. The molecule has 2 atom stereocenters. The van der Waals surface area contributed by atoms with Crippen molar-refractivity contribution in [1.29, 1.82) is 0 Å². The van der Waals surface area contributed by atoms with Crippen LogP contribution in [0.15, 0.2) is 87.0 Å². The van der Waals surface area contributed by atoms with E-state index < -0.39 is 52.8 Å². The molecule has 0 bridgehead atoms. The van der Waals surface area contributed by atoms with Gasteiger partial charge in [-0.25, -0.2) is 4.79 Å². The molecular weight excluding hydrogens is 725 g/mol. The Balaban J connectivity index is 1.18. The number of halogens is 1. The second kappa shape index (κ2) is 17.5. The smallest absolute Gasteiger partial charge is 0.328 e. The van der Waals surface area contributed by atoms with E-state index in [1.165, 1.54) is 25.1 Å². The molecule has 0 aliphatic rings. The average Bonchev–Trinajstić information content (AvgIpc) is 3.49. The standard InChI is InChI=1S/C40H42FN7O8/c1-21(2)34(38(52)43-24(5)35(49)44-28-13-11-26(12-14-28)19-48-39(53)32(41)18-42-40(48)54)46-36(50)27-8-7-9-29(17-27)45-37(51)30-15-10-22(3)16-33(30)55-20-31-23(4)47-56-25(31)6/h7-18,21,24,34H,19-20H2,1-6H3,(H,42,54)(H,43,52)(H,44,49)(H,45,51)(H,46,50)/t24-,34-/m0/s1. The lowest BCUT2D eigenvalue weighted by molar-refractivity contribution is -0.128. The molecule has 0 radical (unpaired) electrons. The molecular formula is C40H42FN7O8. The summed E-state index contributed by atoms with van der Waals surface area (Å²) in [7, 11) is 0. The van der Waals surface area contributed by atoms with Gasteiger partial charge in [-0.05, 0) is 87.2 Å². The number of aromatic amines is 1. The van der Waals surface area contributed by atoms with Crippen LogP contribution >= 0.6 is 0 Å². The molecule has 15 nitrogen and oxygen atoms in total. The number of carbonyl (C=O) groups is 4. The van der Waals surface area contributed by atoms with Crippen LogP contribution in [0.4, 0.5) is 15.8 Å². The number of nitrogens with zero attached hydrogens (tertiary/aromatic N) is 2. The number of nitrogens with one attached hydrogen (secondary N) is 5. The summed E-state index contributed by atoms with van der Waals surface area (Å²) in [5.41, 5.74) is 2.19. The van der Waals surface area contributed by atoms with Crippen molar-refractivity contribution in [1.82, 2.24) is 25.3 Å². The second-order valence-electron chi connectivity index (χ2n) is 13.6. The SMILES string of the molecule is Cc1ccc(C(=O)Nc2cccc(C(=O)N[C@H](C(=O)N[C@@H](C)C(=O)Nc3ccc(Cn4c(=O)[nH]cc(F)c4=O)cc3)C(C)C)c2)c(OCc2c(C)noc2C)c1. The molecule has 0 fully saturated rings. The number of carbonyl (C=O) groups excluding carboxylic acids is 4. The van der Waals surface area contributed by atoms with Gasteiger partial charge in [-0.2, -0.15) is 4.39 Å². The monoisotopic (exact) mass is 767 g/mol. The molecule has 0 spiro atoms. The molecule has 2 aromatic heterocycles. The Labute approximate surface area is 320 Å². The third-order valence-corrected chi connectivity index (χ3v) is 8.88. The summed E-state index contributed by atoms with van der Waals surface area (Å²) in [5.74, 6) is -2.66. The zero-order valence-corrected chi connectivity index (χ0v) is 31.6. The van der Waals surface area contributed by atoms with E-state index in [4.69, 9.17) is 9.26 Å². The highest BCUT2D eigenvalue weighted by atomic mass is 19.1. The molecule has 0 saturated heterocycles. The van der Waals surface area contributed by atoms with Gasteiger partial charge in [0.05, 0.1) is 23.4 Å². The number of benzene rings is 3. The van der Waals surface area contributed by atoms with Gasteiger partial charge in [0.2, 0.25) is 17.6 Å². The third-order valence-electron chi connectivity index (χ3n) is 8.88. The Morgan fingerprint density at radius 3 is 2.29 bits per heavy atom. The lowest BCUT2D eigenvalue weighted by Gasteiger charge is -2.24. The highest BCUT2D eigenvalue weighted by Gasteiger charge is 2.28. The molecule has 56 heavy (non-hydrogen) atoms. The predicted molar refractivity (Wildman–Crippen MR) is 205 cm³/mol. The van der Waals surface area contributed by atoms with E-state index in [1.807, 2.05) is 6.92 Å². The molecule has 0 saturated carbocycles. The molecule has 5 aromatic rings. The number of anilines is 2. The molecule has 5 rings (SSSR count). The van der Waals surface area contributed by atoms with Gasteiger partial charge in [0.1, 0.15) is 30.2 Å². The summed E-state index contributed by atoms with van der Waals surface area (Å²) in [6, 6.07) is 15.6. The fraction of sp³-hybridized carbons (Fsp3) is 0.275. The molecule has 4 amide bonds. The van der Waals surface area contributed by atoms with E-state index in [0.29, 0.717) is 44.9 Å². The highest BCUT2D eigenvalue weighted by molar-refractivity contribution is 6.07. The molecule has 3 aromatic carbocycles. The number of aryl methyl sites for hydroxylation is 3. The van der Waals surface area contributed by atoms with Crippen LogP contribution in [0, 0.1) is 32.5 Å². The van der Waals surface area contributed by atoms with Crippen LogP contribution in [-0.2, 0) is 22.7 Å². The Bertz CT molecular complexity index is 2360. The molecule has 16 heteroatoms. The van der Waals surface area contributed by atoms with Crippen LogP contribution in [0.3, 0.4) is 0 Å². The van der Waals surface area contributed by atoms with Crippen LogP contribution in [0.2, 0.25) is 0 Å². The maximum absolute atomic E-state index is 13.6. The molecule has 0 aliphatic carbocycles. The molecule has 5 N–H and O–H groups in total. The fourth-order valence-electron chi connectivity index (χ4n) is 5.62. The predicted octanol–water partition coefficient (Wildman–Crippen LogP) is 4.37. The topological polar surface area (TPSA) is 207 Å². The van der Waals surface area contributed by atoms with Crippen molar-refractivity contribution in [2.24, 2.45) is 5.92 Å². The Hall–Kier alpha value is -6.84. The van der Waals surface area contributed by atoms with Gasteiger partial charge in [-0.3, -0.25) is 28.5 Å². The lowest BCUT2D eigenvalue weighted by atomic mass is 10.0. The summed E-state index contributed by atoms with van der Waals surface area (Å²) < 4.78 is 25.6. The summed E-state index contributed by atoms with van der Waals surface area (Å²) in [6.07, 6.45) is 0.698. The summed E-state index contributed by atoms with van der Waals surface area (Å²) in [6.45, 7) is 10.4. The third kappa shape index (κ3) is 9.82. The number of hydrogen-bond acceptors (Lipinski definition) is 9. The molecule has 2 heterocycles. The largest absolute Gasteiger partial charge is 0.488 e. The van der Waals surface area contributed by atoms with Crippen LogP contribution in [0.25, 0.3) is 0 Å². The zero-order valence-electron chi connectivity index (χ0n) is 31.6. The summed E-state index contributed by atoms with van der Waals surface area (Å²) in [4.78, 5) is 79.3. The second-order valence-corrected chi connectivity index (χ2v) is 13.6. The number of aromatic nitrogens is 3. The lowest BCUT2D eigenvalue weighted by Crippen LogP contribution is -2.53. The Kier molecular flexibility index (Phi) is 12.6. The van der Waals surface area contributed by atoms with Crippen LogP contribution in [-0.4, -0.2) is 50.4 Å². The Morgan fingerprint density at radius 1 is 0.875 bits per heavy atom. The van der Waals surface area contributed by atoms with E-state index >= 15 is 0 Å². The van der Waals surface area contributed by atoms with Crippen molar-refractivity contribution in [3.8, 4) is 5.75 Å². The molecule has 0 unspecified atom stereocenters. The first-order valence-corrected chi connectivity index (χ1v) is 17.7. The van der Waals surface area contributed by atoms with Gasteiger partial charge >= 0.3 is 5.69 Å². The first-order valence-electron chi connectivity index (χ1n) is 17.7. The number of H-pyrrole nitrogens is 1. The van der Waals surface area contributed by atoms with Gasteiger partial charge < -0.3 is 35.5 Å². The minimum Gasteiger partial charge on any atom is -0.488 e. The fourth-order valence-corrected chi connectivity index (χ4v) is 5.62. The number of hydrogen-bond donors (Lipinski definition) is 5. The maximum Gasteiger partial charge on any atom is 0.328 e. The quantitative estimate of drug-likeness (QED) is 0.109. The van der Waals surface area contributed by atoms with Crippen LogP contribution in [0.5, 0.6) is 5.75 Å². The van der Waals surface area contributed by atoms with Gasteiger partial charge in [-0.15, -0.1) is 0 Å². The van der Waals surface area contributed by atoms with E-state index in [-0.39, 0.29) is 30.2 Å². The van der Waals surface area contributed by atoms with Crippen LogP contribution in [0.1, 0.15) is 69.6 Å². The van der Waals surface area contributed by atoms with Gasteiger partial charge in [0, 0.05) is 23.1 Å². The van der Waals surface area contributed by atoms with Gasteiger partial charge in [-0.1, -0.05) is 43.3 Å². The molecule has 0 aliphatic heterocycles. The van der Waals surface area contributed by atoms with Crippen molar-refractivity contribution in [3.05, 3.63) is 139 Å². The van der Waals surface area contributed by atoms with E-state index in [1.54, 1.807) is 76.2 Å². The first kappa shape index (κ1) is 40.3. The van der Waals surface area contributed by atoms with Crippen molar-refractivity contribution >= 4 is 35.0 Å². The minimum absolute atomic E-state index is 0.152. The van der Waals surface area contributed by atoms with Crippen LogP contribution < -0.4 is 37.3 Å². The summed E-state index contributed by atoms with van der Waals surface area (Å²) >= 11 is 0. The van der Waals surface area contributed by atoms with Gasteiger partial charge in [0.25, 0.3) is 17.4 Å². The normalized spacial score (nSPS) is 12.1. The van der Waals surface area contributed by atoms with Crippen molar-refractivity contribution < 1.29 is 32.8 Å². The zero-order chi connectivity index (χ0) is 40.7. The van der Waals surface area contributed by atoms with Crippen molar-refractivity contribution in [2.45, 2.75) is 66.8 Å². The van der Waals surface area contributed by atoms with E-state index in [9.17, 15) is 33.2 Å². The van der Waals surface area contributed by atoms with Crippen molar-refractivity contribution in [3.63, 3.8) is 0 Å². The minimum atomic E-state index is -1.09. The van der Waals surface area contributed by atoms with E-state index in [0.717, 1.165) is 11.1 Å². The maximum atomic E-state index is 13.6. The van der Waals surface area contributed by atoms with Gasteiger partial charge in [0.15, 0.2) is 0 Å². The average molecular weight is 768 g/mol. The Morgan fingerprint density at radius 2 is 1.61 bits per heavy atom. The number of rotatable bonds is 14. The number of ether oxygens (including phenoxy) is 1.